The molecule has 1 aliphatic heterocycles. The van der Waals surface area contributed by atoms with Crippen molar-refractivity contribution in [2.45, 2.75) is 50.6 Å². The normalized spacial score (nSPS) is 18.3. The van der Waals surface area contributed by atoms with Gasteiger partial charge in [0.05, 0.1) is 11.4 Å². The summed E-state index contributed by atoms with van der Waals surface area (Å²) >= 11 is 6.05. The number of anilines is 2. The maximum absolute atomic E-state index is 14.5. The summed E-state index contributed by atoms with van der Waals surface area (Å²) in [4.78, 5) is 13.8. The first-order valence-corrected chi connectivity index (χ1v) is 8.78. The number of hydrogen-bond acceptors (Lipinski definition) is 4. The molecule has 1 fully saturated rings. The molecule has 8 heteroatoms. The second kappa shape index (κ2) is 5.31. The van der Waals surface area contributed by atoms with E-state index in [2.05, 4.69) is 15.0 Å². The number of fused-ring (bicyclic) bond motifs is 2. The van der Waals surface area contributed by atoms with E-state index in [9.17, 15) is 13.2 Å². The van der Waals surface area contributed by atoms with Gasteiger partial charge in [0.25, 0.3) is 0 Å². The van der Waals surface area contributed by atoms with Crippen LogP contribution >= 0.6 is 11.6 Å². The number of hydrogen-bond donors (Lipinski definition) is 0. The Labute approximate surface area is 154 Å². The van der Waals surface area contributed by atoms with Crippen molar-refractivity contribution in [3.8, 4) is 0 Å². The average molecular weight is 383 g/mol. The van der Waals surface area contributed by atoms with E-state index < -0.39 is 17.4 Å². The van der Waals surface area contributed by atoms with Gasteiger partial charge in [0, 0.05) is 36.7 Å². The van der Waals surface area contributed by atoms with Gasteiger partial charge in [0.2, 0.25) is 5.82 Å². The summed E-state index contributed by atoms with van der Waals surface area (Å²) in [5.74, 6) is -3.70. The van der Waals surface area contributed by atoms with Gasteiger partial charge in [0.15, 0.2) is 0 Å². The van der Waals surface area contributed by atoms with E-state index in [4.69, 9.17) is 11.6 Å². The van der Waals surface area contributed by atoms with Gasteiger partial charge in [-0.3, -0.25) is 0 Å². The summed E-state index contributed by atoms with van der Waals surface area (Å²) in [6, 6.07) is 3.14. The Morgan fingerprint density at radius 3 is 2.38 bits per heavy atom. The van der Waals surface area contributed by atoms with Gasteiger partial charge in [-0.15, -0.1) is 0 Å². The van der Waals surface area contributed by atoms with Crippen molar-refractivity contribution in [1.29, 1.82) is 0 Å². The molecular weight excluding hydrogens is 365 g/mol. The largest absolute Gasteiger partial charge is 0.325 e. The molecule has 0 atom stereocenters. The van der Waals surface area contributed by atoms with Crippen LogP contribution in [0.1, 0.15) is 50.7 Å². The van der Waals surface area contributed by atoms with E-state index in [1.165, 1.54) is 19.9 Å². The van der Waals surface area contributed by atoms with Gasteiger partial charge in [-0.1, -0.05) is 11.6 Å². The molecule has 1 aliphatic carbocycles. The third kappa shape index (κ3) is 2.82. The number of nitrogens with zero attached hydrogens (tertiary/aromatic N) is 4. The van der Waals surface area contributed by atoms with Gasteiger partial charge in [-0.25, -0.2) is 19.3 Å². The SMILES string of the molecule is CC(C)(F)c1cc(N2CC3(CC3)c3cnc(Cl)cc32)nc(C(C)(F)F)n1. The van der Waals surface area contributed by atoms with Crippen molar-refractivity contribution in [2.24, 2.45) is 0 Å². The summed E-state index contributed by atoms with van der Waals surface area (Å²) in [7, 11) is 0. The number of halogens is 4. The molecule has 0 bridgehead atoms. The summed E-state index contributed by atoms with van der Waals surface area (Å²) in [5.41, 5.74) is -0.163. The predicted molar refractivity (Wildman–Crippen MR) is 92.9 cm³/mol. The molecule has 2 aromatic heterocycles. The lowest BCUT2D eigenvalue weighted by Crippen LogP contribution is -2.25. The molecule has 4 rings (SSSR count). The molecule has 2 aliphatic rings. The van der Waals surface area contributed by atoms with Gasteiger partial charge < -0.3 is 4.90 Å². The lowest BCUT2D eigenvalue weighted by Gasteiger charge is -2.23. The molecule has 1 spiro atoms. The predicted octanol–water partition coefficient (Wildman–Crippen LogP) is 5.02. The lowest BCUT2D eigenvalue weighted by molar-refractivity contribution is 0.00698. The highest BCUT2D eigenvalue weighted by molar-refractivity contribution is 6.29. The third-order valence-corrected chi connectivity index (χ3v) is 5.22. The van der Waals surface area contributed by atoms with Crippen molar-refractivity contribution in [2.75, 3.05) is 11.4 Å². The number of rotatable bonds is 3. The monoisotopic (exact) mass is 382 g/mol. The van der Waals surface area contributed by atoms with E-state index in [0.29, 0.717) is 18.6 Å². The Morgan fingerprint density at radius 2 is 1.81 bits per heavy atom. The van der Waals surface area contributed by atoms with Gasteiger partial charge in [-0.05, 0) is 32.8 Å². The van der Waals surface area contributed by atoms with Crippen LogP contribution in [0.2, 0.25) is 5.15 Å². The molecule has 1 saturated carbocycles. The summed E-state index contributed by atoms with van der Waals surface area (Å²) in [6.07, 6.45) is 3.72. The molecule has 0 amide bonds. The molecule has 0 N–H and O–H groups in total. The zero-order valence-electron chi connectivity index (χ0n) is 14.7. The fraction of sp³-hybridized carbons (Fsp3) is 0.500. The van der Waals surface area contributed by atoms with E-state index >= 15 is 0 Å². The molecule has 0 aromatic carbocycles. The molecule has 4 nitrogen and oxygen atoms in total. The lowest BCUT2D eigenvalue weighted by atomic mass is 10.0. The average Bonchev–Trinajstić information content (AvgIpc) is 3.23. The zero-order valence-corrected chi connectivity index (χ0v) is 15.4. The molecule has 0 unspecified atom stereocenters. The standard InChI is InChI=1S/C18H18ClF3N4/c1-16(2,20)12-7-14(25-15(24-12)17(3,21)22)26-9-18(4-5-18)10-8-23-13(19)6-11(10)26/h6-8H,4-5,9H2,1-3H3. The highest BCUT2D eigenvalue weighted by Gasteiger charge is 2.53. The van der Waals surface area contributed by atoms with Gasteiger partial charge >= 0.3 is 5.92 Å². The first kappa shape index (κ1) is 17.5. The number of alkyl halides is 3. The van der Waals surface area contributed by atoms with E-state index in [-0.39, 0.29) is 16.9 Å². The second-order valence-corrected chi connectivity index (χ2v) is 8.07. The van der Waals surface area contributed by atoms with Crippen molar-refractivity contribution in [3.63, 3.8) is 0 Å². The first-order valence-electron chi connectivity index (χ1n) is 8.40. The van der Waals surface area contributed by atoms with Crippen LogP contribution in [-0.2, 0) is 17.0 Å². The Hall–Kier alpha value is -1.89. The number of pyridine rings is 1. The van der Waals surface area contributed by atoms with Crippen LogP contribution in [0.25, 0.3) is 0 Å². The first-order chi connectivity index (χ1) is 12.0. The van der Waals surface area contributed by atoms with Crippen molar-refractivity contribution >= 4 is 23.1 Å². The Balaban J connectivity index is 1.88. The number of aromatic nitrogens is 3. The maximum Gasteiger partial charge on any atom is 0.303 e. The fourth-order valence-electron chi connectivity index (χ4n) is 3.38. The third-order valence-electron chi connectivity index (χ3n) is 5.02. The smallest absolute Gasteiger partial charge is 0.303 e. The van der Waals surface area contributed by atoms with Crippen LogP contribution in [0.15, 0.2) is 18.3 Å². The molecule has 3 heterocycles. The minimum absolute atomic E-state index is 0.0435. The quantitative estimate of drug-likeness (QED) is 0.698. The summed E-state index contributed by atoms with van der Waals surface area (Å²) in [6.45, 7) is 3.88. The second-order valence-electron chi connectivity index (χ2n) is 7.69. The molecule has 138 valence electrons. The maximum atomic E-state index is 14.5. The topological polar surface area (TPSA) is 41.9 Å². The van der Waals surface area contributed by atoms with Crippen LogP contribution in [0.3, 0.4) is 0 Å². The van der Waals surface area contributed by atoms with Crippen LogP contribution in [0.5, 0.6) is 0 Å². The van der Waals surface area contributed by atoms with Crippen molar-refractivity contribution in [1.82, 2.24) is 15.0 Å². The fourth-order valence-corrected chi connectivity index (χ4v) is 3.53. The minimum atomic E-state index is -3.27. The minimum Gasteiger partial charge on any atom is -0.325 e. The molecular formula is C18H18ClF3N4. The van der Waals surface area contributed by atoms with E-state index in [1.54, 1.807) is 12.3 Å². The Morgan fingerprint density at radius 1 is 1.12 bits per heavy atom. The van der Waals surface area contributed by atoms with Crippen LogP contribution in [0, 0.1) is 0 Å². The van der Waals surface area contributed by atoms with Gasteiger partial charge in [-0.2, -0.15) is 8.78 Å². The Kier molecular flexibility index (Phi) is 3.58. The van der Waals surface area contributed by atoms with E-state index in [1.807, 2.05) is 4.90 Å². The van der Waals surface area contributed by atoms with Gasteiger partial charge in [0.1, 0.15) is 16.6 Å². The van der Waals surface area contributed by atoms with Crippen LogP contribution in [-0.4, -0.2) is 21.5 Å². The molecule has 0 radical (unpaired) electrons. The van der Waals surface area contributed by atoms with Crippen molar-refractivity contribution < 1.29 is 13.2 Å². The van der Waals surface area contributed by atoms with E-state index in [0.717, 1.165) is 24.1 Å². The highest BCUT2D eigenvalue weighted by atomic mass is 35.5. The summed E-state index contributed by atoms with van der Waals surface area (Å²) in [5, 5.41) is 0.313. The van der Waals surface area contributed by atoms with Crippen LogP contribution < -0.4 is 4.90 Å². The molecule has 26 heavy (non-hydrogen) atoms. The van der Waals surface area contributed by atoms with Crippen molar-refractivity contribution in [3.05, 3.63) is 40.6 Å². The zero-order chi connectivity index (χ0) is 18.9. The Bertz CT molecular complexity index is 853. The summed E-state index contributed by atoms with van der Waals surface area (Å²) < 4.78 is 42.3. The molecule has 2 aromatic rings. The van der Waals surface area contributed by atoms with Crippen LogP contribution in [0.4, 0.5) is 24.7 Å². The molecule has 0 saturated heterocycles. The highest BCUT2D eigenvalue weighted by Crippen LogP contribution is 2.58.